The van der Waals surface area contributed by atoms with Gasteiger partial charge in [0.15, 0.2) is 5.96 Å². The number of rotatable bonds is 6. The van der Waals surface area contributed by atoms with Crippen LogP contribution in [-0.4, -0.2) is 49.1 Å². The zero-order valence-electron chi connectivity index (χ0n) is 15.0. The maximum atomic E-state index is 11.6. The number of nitrogens with zero attached hydrogens (tertiary/aromatic N) is 2. The van der Waals surface area contributed by atoms with Gasteiger partial charge < -0.3 is 15.0 Å². The number of carbonyl (C=O) groups is 1. The largest absolute Gasteiger partial charge is 0.463 e. The van der Waals surface area contributed by atoms with Crippen LogP contribution in [0.2, 0.25) is 0 Å². The molecule has 1 atom stereocenters. The number of guanidine groups is 1. The van der Waals surface area contributed by atoms with Crippen molar-refractivity contribution in [2.45, 2.75) is 45.6 Å². The van der Waals surface area contributed by atoms with Crippen LogP contribution in [0.3, 0.4) is 0 Å². The van der Waals surface area contributed by atoms with E-state index in [1.54, 1.807) is 0 Å². The van der Waals surface area contributed by atoms with E-state index in [1.807, 2.05) is 13.8 Å². The van der Waals surface area contributed by atoms with E-state index in [-0.39, 0.29) is 12.1 Å². The molecule has 5 nitrogen and oxygen atoms in total. The Hall–Kier alpha value is -2.04. The molecule has 1 N–H and O–H groups in total. The fourth-order valence-electron chi connectivity index (χ4n) is 2.95. The summed E-state index contributed by atoms with van der Waals surface area (Å²) in [5, 5.41) is 3.33. The van der Waals surface area contributed by atoms with Gasteiger partial charge in [-0.1, -0.05) is 30.3 Å². The van der Waals surface area contributed by atoms with Crippen molar-refractivity contribution in [3.05, 3.63) is 35.9 Å². The fraction of sp³-hybridized carbons (Fsp3) is 0.579. The minimum Gasteiger partial charge on any atom is -0.463 e. The number of carbonyl (C=O) groups excluding carboxylic acids is 1. The number of benzene rings is 1. The minimum absolute atomic E-state index is 0.0695. The summed E-state index contributed by atoms with van der Waals surface area (Å²) in [7, 11) is 0. The second kappa shape index (κ2) is 9.30. The van der Waals surface area contributed by atoms with Crippen LogP contribution in [0.5, 0.6) is 0 Å². The maximum Gasteiger partial charge on any atom is 0.307 e. The molecular formula is C19H29N3O2. The van der Waals surface area contributed by atoms with E-state index in [0.717, 1.165) is 32.0 Å². The standard InChI is InChI=1S/C19H29N3O2/c1-4-20-19(21-12-10-18(23)24-15(2)3)22-13-11-17(14-22)16-8-6-5-7-9-16/h5-9,15,17H,4,10-14H2,1-3H3,(H,20,21). The second-order valence-corrected chi connectivity index (χ2v) is 6.37. The molecule has 24 heavy (non-hydrogen) atoms. The number of likely N-dealkylation sites (tertiary alicyclic amines) is 1. The average Bonchev–Trinajstić information content (AvgIpc) is 3.04. The van der Waals surface area contributed by atoms with Crippen LogP contribution >= 0.6 is 0 Å². The number of hydrogen-bond acceptors (Lipinski definition) is 3. The van der Waals surface area contributed by atoms with Crippen molar-refractivity contribution >= 4 is 11.9 Å². The summed E-state index contributed by atoms with van der Waals surface area (Å²) in [6.45, 7) is 9.02. The number of ether oxygens (including phenoxy) is 1. The van der Waals surface area contributed by atoms with E-state index < -0.39 is 0 Å². The predicted octanol–water partition coefficient (Wildman–Crippen LogP) is 2.78. The summed E-state index contributed by atoms with van der Waals surface area (Å²) in [4.78, 5) is 18.5. The Morgan fingerprint density at radius 1 is 1.38 bits per heavy atom. The quantitative estimate of drug-likeness (QED) is 0.495. The highest BCUT2D eigenvalue weighted by Crippen LogP contribution is 2.26. The molecule has 2 rings (SSSR count). The molecule has 0 aliphatic carbocycles. The highest BCUT2D eigenvalue weighted by molar-refractivity contribution is 5.80. The van der Waals surface area contributed by atoms with Crippen LogP contribution in [0.25, 0.3) is 0 Å². The van der Waals surface area contributed by atoms with Gasteiger partial charge in [-0.05, 0) is 32.8 Å². The van der Waals surface area contributed by atoms with E-state index in [4.69, 9.17) is 4.74 Å². The van der Waals surface area contributed by atoms with Gasteiger partial charge in [0.2, 0.25) is 0 Å². The molecule has 1 saturated heterocycles. The van der Waals surface area contributed by atoms with E-state index in [9.17, 15) is 4.79 Å². The summed E-state index contributed by atoms with van der Waals surface area (Å²) in [6.07, 6.45) is 1.38. The highest BCUT2D eigenvalue weighted by atomic mass is 16.5. The highest BCUT2D eigenvalue weighted by Gasteiger charge is 2.25. The first-order chi connectivity index (χ1) is 11.6. The molecule has 0 saturated carbocycles. The van der Waals surface area contributed by atoms with Crippen molar-refractivity contribution < 1.29 is 9.53 Å². The third-order valence-electron chi connectivity index (χ3n) is 4.04. The molecule has 1 aliphatic rings. The summed E-state index contributed by atoms with van der Waals surface area (Å²) in [5.41, 5.74) is 1.39. The molecule has 1 heterocycles. The van der Waals surface area contributed by atoms with E-state index in [0.29, 0.717) is 18.9 Å². The Morgan fingerprint density at radius 3 is 2.79 bits per heavy atom. The SMILES string of the molecule is CCNC(=NCCC(=O)OC(C)C)N1CCC(c2ccccc2)C1. The van der Waals surface area contributed by atoms with Gasteiger partial charge in [-0.25, -0.2) is 0 Å². The van der Waals surface area contributed by atoms with Crippen LogP contribution in [0.4, 0.5) is 0 Å². The van der Waals surface area contributed by atoms with Crippen LogP contribution in [0.1, 0.15) is 45.1 Å². The molecule has 5 heteroatoms. The molecule has 132 valence electrons. The van der Waals surface area contributed by atoms with Gasteiger partial charge in [0, 0.05) is 25.6 Å². The third kappa shape index (κ3) is 5.55. The van der Waals surface area contributed by atoms with E-state index in [1.165, 1.54) is 5.56 Å². The summed E-state index contributed by atoms with van der Waals surface area (Å²) in [6, 6.07) is 10.6. The zero-order chi connectivity index (χ0) is 17.4. The number of hydrogen-bond donors (Lipinski definition) is 1. The average molecular weight is 331 g/mol. The molecule has 0 radical (unpaired) electrons. The number of aliphatic imine (C=N–C) groups is 1. The molecule has 0 amide bonds. The number of esters is 1. The van der Waals surface area contributed by atoms with Crippen molar-refractivity contribution in [1.82, 2.24) is 10.2 Å². The van der Waals surface area contributed by atoms with Crippen LogP contribution < -0.4 is 5.32 Å². The Labute approximate surface area is 145 Å². The predicted molar refractivity (Wildman–Crippen MR) is 97.2 cm³/mol. The first-order valence-corrected chi connectivity index (χ1v) is 8.87. The van der Waals surface area contributed by atoms with Gasteiger partial charge in [-0.3, -0.25) is 9.79 Å². The molecule has 1 aromatic carbocycles. The van der Waals surface area contributed by atoms with Crippen LogP contribution in [-0.2, 0) is 9.53 Å². The molecule has 1 aromatic rings. The first kappa shape index (κ1) is 18.3. The smallest absolute Gasteiger partial charge is 0.307 e. The van der Waals surface area contributed by atoms with Crippen molar-refractivity contribution in [3.63, 3.8) is 0 Å². The van der Waals surface area contributed by atoms with Crippen LogP contribution in [0.15, 0.2) is 35.3 Å². The molecule has 0 bridgehead atoms. The fourth-order valence-corrected chi connectivity index (χ4v) is 2.95. The summed E-state index contributed by atoms with van der Waals surface area (Å²) < 4.78 is 5.15. The lowest BCUT2D eigenvalue weighted by Gasteiger charge is -2.21. The van der Waals surface area contributed by atoms with Crippen molar-refractivity contribution in [2.24, 2.45) is 4.99 Å². The van der Waals surface area contributed by atoms with E-state index >= 15 is 0 Å². The lowest BCUT2D eigenvalue weighted by Crippen LogP contribution is -2.40. The summed E-state index contributed by atoms with van der Waals surface area (Å²) >= 11 is 0. The van der Waals surface area contributed by atoms with Gasteiger partial charge in [-0.2, -0.15) is 0 Å². The van der Waals surface area contributed by atoms with Gasteiger partial charge in [0.1, 0.15) is 0 Å². The van der Waals surface area contributed by atoms with Gasteiger partial charge >= 0.3 is 5.97 Å². The Balaban J connectivity index is 1.90. The Bertz CT molecular complexity index is 543. The van der Waals surface area contributed by atoms with Crippen molar-refractivity contribution in [3.8, 4) is 0 Å². The molecule has 0 aromatic heterocycles. The molecular weight excluding hydrogens is 302 g/mol. The van der Waals surface area contributed by atoms with Gasteiger partial charge in [0.05, 0.1) is 19.1 Å². The van der Waals surface area contributed by atoms with Gasteiger partial charge in [0.25, 0.3) is 0 Å². The Kier molecular flexibility index (Phi) is 7.09. The first-order valence-electron chi connectivity index (χ1n) is 8.87. The second-order valence-electron chi connectivity index (χ2n) is 6.37. The van der Waals surface area contributed by atoms with Crippen molar-refractivity contribution in [1.29, 1.82) is 0 Å². The normalized spacial score (nSPS) is 18.1. The lowest BCUT2D eigenvalue weighted by molar-refractivity contribution is -0.147. The topological polar surface area (TPSA) is 53.9 Å². The van der Waals surface area contributed by atoms with E-state index in [2.05, 4.69) is 52.5 Å². The number of nitrogens with one attached hydrogen (secondary N) is 1. The Morgan fingerprint density at radius 2 is 2.12 bits per heavy atom. The van der Waals surface area contributed by atoms with Gasteiger partial charge in [-0.15, -0.1) is 0 Å². The van der Waals surface area contributed by atoms with Crippen LogP contribution in [0, 0.1) is 0 Å². The molecule has 1 aliphatic heterocycles. The lowest BCUT2D eigenvalue weighted by atomic mass is 9.99. The third-order valence-corrected chi connectivity index (χ3v) is 4.04. The zero-order valence-corrected chi connectivity index (χ0v) is 15.0. The van der Waals surface area contributed by atoms with Crippen molar-refractivity contribution in [2.75, 3.05) is 26.2 Å². The molecule has 0 spiro atoms. The minimum atomic E-state index is -0.187. The monoisotopic (exact) mass is 331 g/mol. The summed E-state index contributed by atoms with van der Waals surface area (Å²) in [5.74, 6) is 1.25. The molecule has 1 fully saturated rings. The molecule has 1 unspecified atom stereocenters. The maximum absolute atomic E-state index is 11.6.